The summed E-state index contributed by atoms with van der Waals surface area (Å²) in [5.41, 5.74) is 6.62. The lowest BCUT2D eigenvalue weighted by molar-refractivity contribution is 0.327. The standard InChI is InChI=1S/C14H20N2O3/c1-17-12-9-11-10(13(18-2)14(12)19-3)5-8-16(11)7-4-6-15/h5,8-9H,4,6-7,15H2,1-3H3. The maximum atomic E-state index is 5.56. The number of ether oxygens (including phenoxy) is 3. The van der Waals surface area contributed by atoms with E-state index in [1.807, 2.05) is 18.3 Å². The van der Waals surface area contributed by atoms with Crippen LogP contribution in [0.5, 0.6) is 17.2 Å². The zero-order valence-electron chi connectivity index (χ0n) is 11.6. The molecule has 2 N–H and O–H groups in total. The predicted molar refractivity (Wildman–Crippen MR) is 75.3 cm³/mol. The summed E-state index contributed by atoms with van der Waals surface area (Å²) in [6.45, 7) is 1.54. The van der Waals surface area contributed by atoms with Crippen molar-refractivity contribution in [3.05, 3.63) is 18.3 Å². The maximum absolute atomic E-state index is 5.56. The molecule has 1 aromatic heterocycles. The Labute approximate surface area is 112 Å². The van der Waals surface area contributed by atoms with Crippen molar-refractivity contribution < 1.29 is 14.2 Å². The molecule has 0 fully saturated rings. The van der Waals surface area contributed by atoms with Crippen molar-refractivity contribution in [2.45, 2.75) is 13.0 Å². The van der Waals surface area contributed by atoms with E-state index in [0.717, 1.165) is 23.9 Å². The molecule has 0 amide bonds. The van der Waals surface area contributed by atoms with Crippen LogP contribution in [0, 0.1) is 0 Å². The molecule has 0 bridgehead atoms. The van der Waals surface area contributed by atoms with Gasteiger partial charge < -0.3 is 24.5 Å². The SMILES string of the molecule is COc1cc2c(ccn2CCCN)c(OC)c1OC. The van der Waals surface area contributed by atoms with Gasteiger partial charge in [0.2, 0.25) is 5.75 Å². The van der Waals surface area contributed by atoms with E-state index in [-0.39, 0.29) is 0 Å². The topological polar surface area (TPSA) is 58.6 Å². The van der Waals surface area contributed by atoms with E-state index in [1.165, 1.54) is 0 Å². The number of hydrogen-bond donors (Lipinski definition) is 1. The third-order valence-corrected chi connectivity index (χ3v) is 3.18. The van der Waals surface area contributed by atoms with Gasteiger partial charge in [-0.3, -0.25) is 0 Å². The van der Waals surface area contributed by atoms with Gasteiger partial charge in [-0.25, -0.2) is 0 Å². The van der Waals surface area contributed by atoms with Gasteiger partial charge in [0.05, 0.1) is 26.8 Å². The van der Waals surface area contributed by atoms with Crippen LogP contribution in [0.25, 0.3) is 10.9 Å². The van der Waals surface area contributed by atoms with Crippen molar-refractivity contribution in [1.29, 1.82) is 0 Å². The minimum absolute atomic E-state index is 0.620. The van der Waals surface area contributed by atoms with E-state index in [0.29, 0.717) is 23.8 Å². The van der Waals surface area contributed by atoms with Crippen molar-refractivity contribution in [3.8, 4) is 17.2 Å². The third kappa shape index (κ3) is 2.33. The minimum Gasteiger partial charge on any atom is -0.493 e. The Kier molecular flexibility index (Phi) is 4.16. The third-order valence-electron chi connectivity index (χ3n) is 3.18. The van der Waals surface area contributed by atoms with E-state index in [2.05, 4.69) is 4.57 Å². The number of rotatable bonds is 6. The molecule has 2 rings (SSSR count). The van der Waals surface area contributed by atoms with Crippen molar-refractivity contribution >= 4 is 10.9 Å². The van der Waals surface area contributed by atoms with Crippen LogP contribution < -0.4 is 19.9 Å². The zero-order chi connectivity index (χ0) is 13.8. The summed E-state index contributed by atoms with van der Waals surface area (Å²) in [7, 11) is 4.86. The number of hydrogen-bond acceptors (Lipinski definition) is 4. The molecule has 1 heterocycles. The number of aryl methyl sites for hydroxylation is 1. The fourth-order valence-corrected chi connectivity index (χ4v) is 2.27. The molecule has 19 heavy (non-hydrogen) atoms. The van der Waals surface area contributed by atoms with Crippen molar-refractivity contribution in [3.63, 3.8) is 0 Å². The van der Waals surface area contributed by atoms with Gasteiger partial charge >= 0.3 is 0 Å². The second kappa shape index (κ2) is 5.84. The molecule has 0 aliphatic heterocycles. The molecule has 0 saturated heterocycles. The van der Waals surface area contributed by atoms with Crippen LogP contribution >= 0.6 is 0 Å². The monoisotopic (exact) mass is 264 g/mol. The summed E-state index contributed by atoms with van der Waals surface area (Å²) >= 11 is 0. The molecular weight excluding hydrogens is 244 g/mol. The van der Waals surface area contributed by atoms with Crippen LogP contribution in [0.1, 0.15) is 6.42 Å². The van der Waals surface area contributed by atoms with Gasteiger partial charge in [0.1, 0.15) is 0 Å². The minimum atomic E-state index is 0.620. The Balaban J connectivity index is 2.61. The Bertz CT molecular complexity index is 563. The Morgan fingerprint density at radius 3 is 2.42 bits per heavy atom. The smallest absolute Gasteiger partial charge is 0.204 e. The van der Waals surface area contributed by atoms with E-state index >= 15 is 0 Å². The van der Waals surface area contributed by atoms with Crippen LogP contribution in [0.4, 0.5) is 0 Å². The van der Waals surface area contributed by atoms with Gasteiger partial charge in [0.25, 0.3) is 0 Å². The van der Waals surface area contributed by atoms with E-state index < -0.39 is 0 Å². The van der Waals surface area contributed by atoms with Crippen LogP contribution in [0.3, 0.4) is 0 Å². The molecule has 0 atom stereocenters. The first-order chi connectivity index (χ1) is 9.26. The van der Waals surface area contributed by atoms with Crippen molar-refractivity contribution in [2.75, 3.05) is 27.9 Å². The van der Waals surface area contributed by atoms with E-state index in [1.54, 1.807) is 21.3 Å². The average molecular weight is 264 g/mol. The fraction of sp³-hybridized carbons (Fsp3) is 0.429. The Hall–Kier alpha value is -1.88. The lowest BCUT2D eigenvalue weighted by Crippen LogP contribution is -2.05. The zero-order valence-corrected chi connectivity index (χ0v) is 11.6. The lowest BCUT2D eigenvalue weighted by Gasteiger charge is -2.14. The highest BCUT2D eigenvalue weighted by molar-refractivity contribution is 5.91. The molecule has 0 aliphatic carbocycles. The molecule has 2 aromatic rings. The molecule has 5 heteroatoms. The highest BCUT2D eigenvalue weighted by Crippen LogP contribution is 2.43. The number of fused-ring (bicyclic) bond motifs is 1. The molecule has 1 aromatic carbocycles. The summed E-state index contributed by atoms with van der Waals surface area (Å²) in [5.74, 6) is 1.98. The van der Waals surface area contributed by atoms with Gasteiger partial charge in [0.15, 0.2) is 11.5 Å². The first-order valence-corrected chi connectivity index (χ1v) is 6.24. The summed E-state index contributed by atoms with van der Waals surface area (Å²) in [5, 5.41) is 1.01. The van der Waals surface area contributed by atoms with Gasteiger partial charge in [0, 0.05) is 24.2 Å². The summed E-state index contributed by atoms with van der Waals surface area (Å²) in [6, 6.07) is 3.99. The molecule has 0 unspecified atom stereocenters. The number of benzene rings is 1. The van der Waals surface area contributed by atoms with Crippen LogP contribution in [-0.4, -0.2) is 32.4 Å². The number of aromatic nitrogens is 1. The summed E-state index contributed by atoms with van der Waals surface area (Å²) < 4.78 is 18.4. The first kappa shape index (κ1) is 13.5. The second-order valence-electron chi connectivity index (χ2n) is 4.23. The van der Waals surface area contributed by atoms with E-state index in [9.17, 15) is 0 Å². The fourth-order valence-electron chi connectivity index (χ4n) is 2.27. The van der Waals surface area contributed by atoms with Gasteiger partial charge in [-0.15, -0.1) is 0 Å². The maximum Gasteiger partial charge on any atom is 0.204 e. The summed E-state index contributed by atoms with van der Waals surface area (Å²) in [6.07, 6.45) is 2.96. The highest BCUT2D eigenvalue weighted by atomic mass is 16.5. The van der Waals surface area contributed by atoms with Gasteiger partial charge in [-0.2, -0.15) is 0 Å². The van der Waals surface area contributed by atoms with Gasteiger partial charge in [-0.1, -0.05) is 0 Å². The molecule has 0 spiro atoms. The number of methoxy groups -OCH3 is 3. The quantitative estimate of drug-likeness (QED) is 0.867. The first-order valence-electron chi connectivity index (χ1n) is 6.24. The van der Waals surface area contributed by atoms with Crippen molar-refractivity contribution in [1.82, 2.24) is 4.57 Å². The second-order valence-corrected chi connectivity index (χ2v) is 4.23. The Morgan fingerprint density at radius 1 is 1.11 bits per heavy atom. The molecule has 0 radical (unpaired) electrons. The number of nitrogens with zero attached hydrogens (tertiary/aromatic N) is 1. The molecule has 0 aliphatic rings. The van der Waals surface area contributed by atoms with Crippen LogP contribution in [0.2, 0.25) is 0 Å². The number of nitrogens with two attached hydrogens (primary N) is 1. The predicted octanol–water partition coefficient (Wildman–Crippen LogP) is 2.02. The molecule has 0 saturated carbocycles. The normalized spacial score (nSPS) is 10.7. The largest absolute Gasteiger partial charge is 0.493 e. The molecule has 104 valence electrons. The van der Waals surface area contributed by atoms with Crippen LogP contribution in [-0.2, 0) is 6.54 Å². The summed E-state index contributed by atoms with van der Waals surface area (Å²) in [4.78, 5) is 0. The Morgan fingerprint density at radius 2 is 1.84 bits per heavy atom. The molecule has 5 nitrogen and oxygen atoms in total. The van der Waals surface area contributed by atoms with Crippen LogP contribution in [0.15, 0.2) is 18.3 Å². The lowest BCUT2D eigenvalue weighted by atomic mass is 10.2. The molecular formula is C14H20N2O3. The van der Waals surface area contributed by atoms with E-state index in [4.69, 9.17) is 19.9 Å². The van der Waals surface area contributed by atoms with Crippen molar-refractivity contribution in [2.24, 2.45) is 5.73 Å². The highest BCUT2D eigenvalue weighted by Gasteiger charge is 2.17. The average Bonchev–Trinajstić information content (AvgIpc) is 2.85. The van der Waals surface area contributed by atoms with Gasteiger partial charge in [-0.05, 0) is 19.0 Å².